The van der Waals surface area contributed by atoms with Gasteiger partial charge in [-0.25, -0.2) is 0 Å². The van der Waals surface area contributed by atoms with Crippen LogP contribution >= 0.6 is 0 Å². The molecule has 0 N–H and O–H groups in total. The van der Waals surface area contributed by atoms with Crippen molar-refractivity contribution >= 4 is 71.6 Å². The van der Waals surface area contributed by atoms with E-state index in [0.717, 1.165) is 66.7 Å². The molecular weight excluding hydrogens is 777 g/mol. The zero-order chi connectivity index (χ0) is 42.5. The highest BCUT2D eigenvalue weighted by Gasteiger charge is 2.35. The summed E-state index contributed by atoms with van der Waals surface area (Å²) in [5.41, 5.74) is 18.6. The first-order chi connectivity index (χ1) is 31.5. The third-order valence-electron chi connectivity index (χ3n) is 13.8. The third kappa shape index (κ3) is 5.41. The Bertz CT molecular complexity index is 3800. The van der Waals surface area contributed by atoms with Gasteiger partial charge in [0.1, 0.15) is 11.2 Å². The molecule has 0 bridgehead atoms. The van der Waals surface area contributed by atoms with Crippen LogP contribution in [0, 0.1) is 0 Å². The monoisotopic (exact) mass is 818 g/mol. The van der Waals surface area contributed by atoms with Crippen LogP contribution in [0.25, 0.3) is 93.6 Å². The first-order valence-corrected chi connectivity index (χ1v) is 22.2. The van der Waals surface area contributed by atoms with Crippen molar-refractivity contribution in [3.05, 3.63) is 230 Å². The summed E-state index contributed by atoms with van der Waals surface area (Å²) < 4.78 is 9.17. The Balaban J connectivity index is 0.965. The number of fused-ring (bicyclic) bond motifs is 11. The molecule has 0 saturated heterocycles. The minimum absolute atomic E-state index is 0.0627. The topological polar surface area (TPSA) is 21.3 Å². The van der Waals surface area contributed by atoms with Crippen LogP contribution in [0.2, 0.25) is 0 Å². The van der Waals surface area contributed by atoms with Crippen LogP contribution < -0.4 is 4.90 Å². The smallest absolute Gasteiger partial charge is 0.143 e. The quantitative estimate of drug-likeness (QED) is 0.167. The summed E-state index contributed by atoms with van der Waals surface area (Å²) in [6.45, 7) is 4.70. The molecule has 2 heterocycles. The molecule has 0 atom stereocenters. The molecule has 12 aromatic rings. The van der Waals surface area contributed by atoms with Gasteiger partial charge in [-0.3, -0.25) is 0 Å². The molecule has 3 nitrogen and oxygen atoms in total. The van der Waals surface area contributed by atoms with E-state index in [9.17, 15) is 0 Å². The van der Waals surface area contributed by atoms with Gasteiger partial charge in [-0.05, 0) is 111 Å². The molecule has 0 amide bonds. The number of benzene rings is 10. The van der Waals surface area contributed by atoms with Crippen molar-refractivity contribution in [3.8, 4) is 39.1 Å². The van der Waals surface area contributed by atoms with E-state index in [0.29, 0.717) is 0 Å². The number of aromatic nitrogens is 1. The van der Waals surface area contributed by atoms with E-state index in [2.05, 4.69) is 242 Å². The first-order valence-electron chi connectivity index (χ1n) is 22.2. The van der Waals surface area contributed by atoms with Crippen molar-refractivity contribution < 1.29 is 4.42 Å². The van der Waals surface area contributed by atoms with E-state index >= 15 is 0 Å². The second-order valence-electron chi connectivity index (χ2n) is 17.7. The summed E-state index contributed by atoms with van der Waals surface area (Å²) >= 11 is 0. The number of nitrogens with zero attached hydrogens (tertiary/aromatic N) is 2. The average Bonchev–Trinajstić information content (AvgIpc) is 3.98. The predicted octanol–water partition coefficient (Wildman–Crippen LogP) is 16.9. The predicted molar refractivity (Wildman–Crippen MR) is 269 cm³/mol. The zero-order valence-corrected chi connectivity index (χ0v) is 35.6. The lowest BCUT2D eigenvalue weighted by Gasteiger charge is -2.27. The maximum absolute atomic E-state index is 6.78. The highest BCUT2D eigenvalue weighted by molar-refractivity contribution is 6.18. The summed E-state index contributed by atoms with van der Waals surface area (Å²) in [5, 5.41) is 6.99. The molecule has 1 aliphatic rings. The maximum Gasteiger partial charge on any atom is 0.143 e. The third-order valence-corrected chi connectivity index (χ3v) is 13.8. The molecule has 302 valence electrons. The van der Waals surface area contributed by atoms with E-state index in [1.165, 1.54) is 55.1 Å². The Labute approximate surface area is 371 Å². The fraction of sp³-hybridized carbons (Fsp3) is 0.0492. The molecule has 0 saturated carbocycles. The fourth-order valence-corrected chi connectivity index (χ4v) is 10.7. The molecule has 0 fully saturated rings. The number of para-hydroxylation sites is 3. The van der Waals surface area contributed by atoms with Crippen molar-refractivity contribution in [1.82, 2.24) is 4.57 Å². The molecule has 0 aliphatic heterocycles. The number of rotatable bonds is 6. The molecule has 2 aromatic heterocycles. The lowest BCUT2D eigenvalue weighted by Crippen LogP contribution is -2.14. The van der Waals surface area contributed by atoms with Crippen LogP contribution in [0.4, 0.5) is 17.1 Å². The van der Waals surface area contributed by atoms with Crippen LogP contribution in [-0.4, -0.2) is 4.57 Å². The SMILES string of the molecule is CC1(C)c2ccccc2-c2ccc(-c3ccc(N(c4ccc(-c5cccc6c5oc5c7ccccc7ccc65)cc4)c4cccc5c4c4ccccc4n5-c4ccccc4)cc3)cc21. The molecule has 1 aliphatic carbocycles. The second-order valence-corrected chi connectivity index (χ2v) is 17.7. The number of anilines is 3. The summed E-state index contributed by atoms with van der Waals surface area (Å²) in [5.74, 6) is 0. The van der Waals surface area contributed by atoms with Crippen LogP contribution in [0.15, 0.2) is 223 Å². The Morgan fingerprint density at radius 3 is 1.84 bits per heavy atom. The summed E-state index contributed by atoms with van der Waals surface area (Å²) in [7, 11) is 0. The van der Waals surface area contributed by atoms with Crippen molar-refractivity contribution in [1.29, 1.82) is 0 Å². The van der Waals surface area contributed by atoms with Gasteiger partial charge in [0.25, 0.3) is 0 Å². The van der Waals surface area contributed by atoms with Gasteiger partial charge in [-0.15, -0.1) is 0 Å². The van der Waals surface area contributed by atoms with Crippen LogP contribution in [0.5, 0.6) is 0 Å². The highest BCUT2D eigenvalue weighted by atomic mass is 16.3. The van der Waals surface area contributed by atoms with E-state index in [-0.39, 0.29) is 5.41 Å². The van der Waals surface area contributed by atoms with Gasteiger partial charge in [-0.1, -0.05) is 166 Å². The van der Waals surface area contributed by atoms with E-state index in [4.69, 9.17) is 4.42 Å². The van der Waals surface area contributed by atoms with Gasteiger partial charge in [0.15, 0.2) is 0 Å². The fourth-order valence-electron chi connectivity index (χ4n) is 10.7. The van der Waals surface area contributed by atoms with E-state index in [1.54, 1.807) is 0 Å². The standard InChI is InChI=1S/C61H42N2O/c1-61(2)53-22-10-8-18-48(53)49-36-31-42(38-54(49)61)39-26-32-44(33-27-39)62(56-24-13-25-57-58(56)52-19-9-11-23-55(52)63(57)43-15-4-3-5-16-43)45-34-28-41(29-35-45)47-20-12-21-50-51-37-30-40-14-6-7-17-46(40)60(51)64-59(47)50/h3-38H,1-2H3. The highest BCUT2D eigenvalue weighted by Crippen LogP contribution is 2.50. The van der Waals surface area contributed by atoms with Crippen LogP contribution in [0.1, 0.15) is 25.0 Å². The Morgan fingerprint density at radius 1 is 0.406 bits per heavy atom. The summed E-state index contributed by atoms with van der Waals surface area (Å²) in [6, 6.07) is 79.6. The van der Waals surface area contributed by atoms with Crippen LogP contribution in [-0.2, 0) is 5.41 Å². The van der Waals surface area contributed by atoms with Crippen molar-refractivity contribution in [3.63, 3.8) is 0 Å². The van der Waals surface area contributed by atoms with Gasteiger partial charge in [0.2, 0.25) is 0 Å². The Kier molecular flexibility index (Phi) is 7.95. The number of furan rings is 1. The molecular formula is C61H42N2O. The molecule has 0 unspecified atom stereocenters. The first kappa shape index (κ1) is 36.5. The average molecular weight is 819 g/mol. The van der Waals surface area contributed by atoms with Crippen LogP contribution in [0.3, 0.4) is 0 Å². The van der Waals surface area contributed by atoms with Crippen molar-refractivity contribution in [2.24, 2.45) is 0 Å². The van der Waals surface area contributed by atoms with Gasteiger partial charge in [-0.2, -0.15) is 0 Å². The van der Waals surface area contributed by atoms with Gasteiger partial charge >= 0.3 is 0 Å². The Hall–Kier alpha value is -8.14. The Morgan fingerprint density at radius 2 is 1.02 bits per heavy atom. The maximum atomic E-state index is 6.78. The van der Waals surface area contributed by atoms with Gasteiger partial charge in [0.05, 0.1) is 16.7 Å². The molecule has 0 radical (unpaired) electrons. The summed E-state index contributed by atoms with van der Waals surface area (Å²) in [6.07, 6.45) is 0. The second kappa shape index (κ2) is 13.9. The molecule has 0 spiro atoms. The molecule has 64 heavy (non-hydrogen) atoms. The minimum Gasteiger partial charge on any atom is -0.455 e. The molecule has 13 rings (SSSR count). The lowest BCUT2D eigenvalue weighted by atomic mass is 9.81. The normalized spacial score (nSPS) is 13.0. The van der Waals surface area contributed by atoms with Crippen molar-refractivity contribution in [2.75, 3.05) is 4.90 Å². The molecule has 3 heteroatoms. The van der Waals surface area contributed by atoms with Gasteiger partial charge < -0.3 is 13.9 Å². The zero-order valence-electron chi connectivity index (χ0n) is 35.6. The molecule has 10 aromatic carbocycles. The number of hydrogen-bond acceptors (Lipinski definition) is 2. The van der Waals surface area contributed by atoms with E-state index < -0.39 is 0 Å². The lowest BCUT2D eigenvalue weighted by molar-refractivity contribution is 0.660. The largest absolute Gasteiger partial charge is 0.455 e. The summed E-state index contributed by atoms with van der Waals surface area (Å²) in [4.78, 5) is 2.42. The minimum atomic E-state index is -0.0627. The number of hydrogen-bond donors (Lipinski definition) is 0. The van der Waals surface area contributed by atoms with Gasteiger partial charge in [0, 0.05) is 55.0 Å². The van der Waals surface area contributed by atoms with E-state index in [1.807, 2.05) is 0 Å². The van der Waals surface area contributed by atoms with Crippen molar-refractivity contribution in [2.45, 2.75) is 19.3 Å².